The van der Waals surface area contributed by atoms with Crippen LogP contribution < -0.4 is 14.9 Å². The van der Waals surface area contributed by atoms with E-state index < -0.39 is 30.3 Å². The number of ether oxygens (including phenoxy) is 1. The number of rotatable bonds is 9. The second kappa shape index (κ2) is 9.33. The van der Waals surface area contributed by atoms with E-state index in [1.807, 2.05) is 0 Å². The molecule has 7 nitrogen and oxygen atoms in total. The van der Waals surface area contributed by atoms with Gasteiger partial charge in [0.15, 0.2) is 0 Å². The SMILES string of the molecule is C=CCOc1ccc(/C=C2\SC(=S)N([C@H](CCC(=O)[O-])C(=O)[O-])C2=O)cc1. The molecule has 0 aliphatic carbocycles. The molecule has 142 valence electrons. The zero-order valence-electron chi connectivity index (χ0n) is 14.1. The van der Waals surface area contributed by atoms with Crippen molar-refractivity contribution in [2.75, 3.05) is 6.61 Å². The first kappa shape index (κ1) is 20.7. The summed E-state index contributed by atoms with van der Waals surface area (Å²) in [6.45, 7) is 3.93. The van der Waals surface area contributed by atoms with Crippen LogP contribution in [0.4, 0.5) is 0 Å². The average Bonchev–Trinajstić information content (AvgIpc) is 2.88. The summed E-state index contributed by atoms with van der Waals surface area (Å²) in [5, 5.41) is 22.0. The van der Waals surface area contributed by atoms with Gasteiger partial charge in [0.25, 0.3) is 5.91 Å². The molecule has 9 heteroatoms. The van der Waals surface area contributed by atoms with E-state index in [-0.39, 0.29) is 15.6 Å². The minimum absolute atomic E-state index is 0.0322. The van der Waals surface area contributed by atoms with Gasteiger partial charge in [-0.05, 0) is 36.6 Å². The molecule has 27 heavy (non-hydrogen) atoms. The highest BCUT2D eigenvalue weighted by Crippen LogP contribution is 2.34. The first-order valence-electron chi connectivity index (χ1n) is 7.85. The lowest BCUT2D eigenvalue weighted by Crippen LogP contribution is -2.50. The highest BCUT2D eigenvalue weighted by Gasteiger charge is 2.37. The fraction of sp³-hybridized carbons (Fsp3) is 0.222. The largest absolute Gasteiger partial charge is 0.550 e. The number of thiocarbonyl (C=S) groups is 1. The molecular weight excluding hydrogens is 390 g/mol. The van der Waals surface area contributed by atoms with Crippen LogP contribution in [0.15, 0.2) is 41.8 Å². The predicted octanol–water partition coefficient (Wildman–Crippen LogP) is 0.101. The minimum atomic E-state index is -1.57. The third-order valence-electron chi connectivity index (χ3n) is 3.57. The van der Waals surface area contributed by atoms with E-state index in [0.717, 1.165) is 16.7 Å². The lowest BCUT2D eigenvalue weighted by molar-refractivity contribution is -0.311. The van der Waals surface area contributed by atoms with Gasteiger partial charge in [0.05, 0.1) is 16.9 Å². The number of hydrogen-bond donors (Lipinski definition) is 0. The van der Waals surface area contributed by atoms with E-state index in [1.165, 1.54) is 0 Å². The topological polar surface area (TPSA) is 110 Å². The Kier molecular flexibility index (Phi) is 7.14. The number of hydrogen-bond acceptors (Lipinski definition) is 8. The van der Waals surface area contributed by atoms with Crippen LogP contribution >= 0.6 is 24.0 Å². The van der Waals surface area contributed by atoms with Gasteiger partial charge in [0.2, 0.25) is 0 Å². The van der Waals surface area contributed by atoms with Gasteiger partial charge < -0.3 is 24.5 Å². The number of aliphatic carboxylic acids is 2. The number of benzene rings is 1. The Balaban J connectivity index is 2.18. The molecule has 1 fully saturated rings. The molecule has 1 amide bonds. The van der Waals surface area contributed by atoms with Crippen LogP contribution in [0, 0.1) is 0 Å². The summed E-state index contributed by atoms with van der Waals surface area (Å²) < 4.78 is 5.41. The van der Waals surface area contributed by atoms with E-state index in [9.17, 15) is 24.6 Å². The number of carbonyl (C=O) groups is 3. The highest BCUT2D eigenvalue weighted by molar-refractivity contribution is 8.26. The number of thioether (sulfide) groups is 1. The molecule has 0 aromatic heterocycles. The number of carbonyl (C=O) groups excluding carboxylic acids is 3. The summed E-state index contributed by atoms with van der Waals surface area (Å²) in [5.41, 5.74) is 0.696. The van der Waals surface area contributed by atoms with Gasteiger partial charge in [0.1, 0.15) is 16.7 Å². The molecule has 0 unspecified atom stereocenters. The molecule has 1 atom stereocenters. The molecule has 0 saturated carbocycles. The van der Waals surface area contributed by atoms with Crippen LogP contribution in [-0.2, 0) is 14.4 Å². The van der Waals surface area contributed by atoms with Gasteiger partial charge in [-0.15, -0.1) is 0 Å². The third-order valence-corrected chi connectivity index (χ3v) is 4.91. The second-order valence-electron chi connectivity index (χ2n) is 5.47. The van der Waals surface area contributed by atoms with Crippen LogP contribution in [0.5, 0.6) is 5.75 Å². The lowest BCUT2D eigenvalue weighted by Gasteiger charge is -2.27. The Morgan fingerprint density at radius 2 is 1.96 bits per heavy atom. The first-order chi connectivity index (χ1) is 12.8. The molecule has 2 rings (SSSR count). The van der Waals surface area contributed by atoms with Gasteiger partial charge in [0, 0.05) is 5.97 Å². The Morgan fingerprint density at radius 1 is 1.30 bits per heavy atom. The van der Waals surface area contributed by atoms with Crippen molar-refractivity contribution in [3.05, 3.63) is 47.4 Å². The van der Waals surface area contributed by atoms with Crippen molar-refractivity contribution < 1.29 is 29.3 Å². The van der Waals surface area contributed by atoms with Gasteiger partial charge in [-0.3, -0.25) is 9.69 Å². The molecule has 1 aromatic carbocycles. The van der Waals surface area contributed by atoms with Crippen LogP contribution in [0.2, 0.25) is 0 Å². The third kappa shape index (κ3) is 5.41. The maximum absolute atomic E-state index is 12.6. The molecule has 0 bridgehead atoms. The molecular formula is C18H15NO6S2-2. The monoisotopic (exact) mass is 405 g/mol. The van der Waals surface area contributed by atoms with E-state index in [4.69, 9.17) is 17.0 Å². The summed E-state index contributed by atoms with van der Waals surface area (Å²) in [4.78, 5) is 35.7. The number of nitrogens with zero attached hydrogens (tertiary/aromatic N) is 1. The zero-order valence-corrected chi connectivity index (χ0v) is 15.7. The predicted molar refractivity (Wildman–Crippen MR) is 100 cm³/mol. The Morgan fingerprint density at radius 3 is 2.52 bits per heavy atom. The Hall–Kier alpha value is -2.65. The standard InChI is InChI=1S/C18H17NO6S2/c1-2-9-25-12-5-3-11(4-6-12)10-14-16(22)19(18(26)27-14)13(17(23)24)7-8-15(20)21/h2-6,10,13H,1,7-9H2,(H,20,21)(H,23,24)/p-2/b14-10-/t13-/m1/s1. The van der Waals surface area contributed by atoms with Crippen molar-refractivity contribution in [1.29, 1.82) is 0 Å². The van der Waals surface area contributed by atoms with Crippen LogP contribution in [0.25, 0.3) is 6.08 Å². The molecule has 1 heterocycles. The molecule has 0 radical (unpaired) electrons. The Bertz CT molecular complexity index is 803. The van der Waals surface area contributed by atoms with Crippen LogP contribution in [-0.4, -0.2) is 39.7 Å². The lowest BCUT2D eigenvalue weighted by atomic mass is 10.1. The average molecular weight is 405 g/mol. The second-order valence-corrected chi connectivity index (χ2v) is 7.14. The van der Waals surface area contributed by atoms with E-state index in [1.54, 1.807) is 36.4 Å². The maximum Gasteiger partial charge on any atom is 0.266 e. The zero-order chi connectivity index (χ0) is 20.0. The molecule has 1 saturated heterocycles. The van der Waals surface area contributed by atoms with Crippen molar-refractivity contribution in [3.63, 3.8) is 0 Å². The number of amides is 1. The number of carboxylic acid groups (broad SMARTS) is 2. The Labute approximate surface area is 165 Å². The molecule has 1 aliphatic heterocycles. The molecule has 1 aromatic rings. The van der Waals surface area contributed by atoms with Crippen molar-refractivity contribution in [3.8, 4) is 5.75 Å². The minimum Gasteiger partial charge on any atom is -0.550 e. The summed E-state index contributed by atoms with van der Waals surface area (Å²) in [7, 11) is 0. The molecule has 0 spiro atoms. The summed E-state index contributed by atoms with van der Waals surface area (Å²) >= 11 is 6.04. The van der Waals surface area contributed by atoms with Gasteiger partial charge in [-0.25, -0.2) is 0 Å². The van der Waals surface area contributed by atoms with Gasteiger partial charge >= 0.3 is 0 Å². The fourth-order valence-corrected chi connectivity index (χ4v) is 3.68. The number of carboxylic acids is 2. The van der Waals surface area contributed by atoms with E-state index in [0.29, 0.717) is 17.9 Å². The summed E-state index contributed by atoms with van der Waals surface area (Å²) in [5.74, 6) is -2.96. The van der Waals surface area contributed by atoms with Gasteiger partial charge in [-0.1, -0.05) is 48.8 Å². The quantitative estimate of drug-likeness (QED) is 0.323. The highest BCUT2D eigenvalue weighted by atomic mass is 32.2. The van der Waals surface area contributed by atoms with Crippen molar-refractivity contribution in [2.45, 2.75) is 18.9 Å². The fourth-order valence-electron chi connectivity index (χ4n) is 2.32. The van der Waals surface area contributed by atoms with Crippen molar-refractivity contribution in [2.24, 2.45) is 0 Å². The van der Waals surface area contributed by atoms with E-state index >= 15 is 0 Å². The summed E-state index contributed by atoms with van der Waals surface area (Å²) in [6, 6.07) is 5.45. The summed E-state index contributed by atoms with van der Waals surface area (Å²) in [6.07, 6.45) is 2.32. The van der Waals surface area contributed by atoms with Crippen LogP contribution in [0.1, 0.15) is 18.4 Å². The molecule has 1 aliphatic rings. The molecule has 0 N–H and O–H groups in total. The maximum atomic E-state index is 12.6. The normalized spacial score (nSPS) is 16.4. The van der Waals surface area contributed by atoms with Crippen molar-refractivity contribution in [1.82, 2.24) is 4.90 Å². The van der Waals surface area contributed by atoms with E-state index in [2.05, 4.69) is 6.58 Å². The van der Waals surface area contributed by atoms with Crippen LogP contribution in [0.3, 0.4) is 0 Å². The smallest absolute Gasteiger partial charge is 0.266 e. The van der Waals surface area contributed by atoms with Crippen molar-refractivity contribution >= 4 is 52.2 Å². The van der Waals surface area contributed by atoms with Gasteiger partial charge in [-0.2, -0.15) is 0 Å². The first-order valence-corrected chi connectivity index (χ1v) is 9.07.